The highest BCUT2D eigenvalue weighted by atomic mass is 16.6. The zero-order chi connectivity index (χ0) is 18.5. The fourth-order valence-corrected chi connectivity index (χ4v) is 3.58. The Morgan fingerprint density at radius 2 is 1.81 bits per heavy atom. The zero-order valence-electron chi connectivity index (χ0n) is 14.8. The Kier molecular flexibility index (Phi) is 5.68. The average molecular weight is 357 g/mol. The van der Waals surface area contributed by atoms with Gasteiger partial charge in [-0.2, -0.15) is 5.26 Å². The Labute approximate surface area is 152 Å². The molecular weight excluding hydrogens is 334 g/mol. The number of piperidine rings is 1. The summed E-state index contributed by atoms with van der Waals surface area (Å²) in [7, 11) is 0. The second kappa shape index (κ2) is 8.15. The molecule has 2 heterocycles. The Bertz CT molecular complexity index is 716. The van der Waals surface area contributed by atoms with Gasteiger partial charge in [-0.15, -0.1) is 0 Å². The molecule has 0 spiro atoms. The second-order valence-electron chi connectivity index (χ2n) is 6.78. The van der Waals surface area contributed by atoms with E-state index < -0.39 is 4.92 Å². The highest BCUT2D eigenvalue weighted by Crippen LogP contribution is 2.30. The number of benzene rings is 1. The number of likely N-dealkylation sites (tertiary alicyclic amines) is 1. The molecule has 0 aromatic heterocycles. The first-order valence-corrected chi connectivity index (χ1v) is 9.02. The fourth-order valence-electron chi connectivity index (χ4n) is 3.58. The van der Waals surface area contributed by atoms with Gasteiger partial charge in [0.05, 0.1) is 23.1 Å². The van der Waals surface area contributed by atoms with Gasteiger partial charge in [-0.3, -0.25) is 19.8 Å². The van der Waals surface area contributed by atoms with Crippen molar-refractivity contribution in [1.82, 2.24) is 9.80 Å². The number of hydrogen-bond acceptors (Lipinski definition) is 6. The van der Waals surface area contributed by atoms with Crippen LogP contribution in [0.1, 0.15) is 24.8 Å². The lowest BCUT2D eigenvalue weighted by Crippen LogP contribution is -2.50. The number of rotatable bonds is 4. The third-order valence-corrected chi connectivity index (χ3v) is 5.08. The summed E-state index contributed by atoms with van der Waals surface area (Å²) in [6.45, 7) is 4.67. The first-order valence-electron chi connectivity index (χ1n) is 9.02. The van der Waals surface area contributed by atoms with Crippen LogP contribution in [0.25, 0.3) is 0 Å². The van der Waals surface area contributed by atoms with Gasteiger partial charge in [-0.25, -0.2) is 0 Å². The summed E-state index contributed by atoms with van der Waals surface area (Å²) in [4.78, 5) is 29.2. The lowest BCUT2D eigenvalue weighted by Gasteiger charge is -2.36. The van der Waals surface area contributed by atoms with E-state index in [1.165, 1.54) is 18.6 Å². The quantitative estimate of drug-likeness (QED) is 0.600. The maximum Gasteiger partial charge on any atom is 0.292 e. The van der Waals surface area contributed by atoms with Crippen LogP contribution >= 0.6 is 0 Å². The number of carbonyl (C=O) groups excluding carboxylic acids is 1. The average Bonchev–Trinajstić information content (AvgIpc) is 2.68. The normalized spacial score (nSPS) is 18.4. The Hall–Kier alpha value is -2.66. The van der Waals surface area contributed by atoms with Crippen molar-refractivity contribution in [2.24, 2.45) is 0 Å². The van der Waals surface area contributed by atoms with Crippen molar-refractivity contribution >= 4 is 17.3 Å². The van der Waals surface area contributed by atoms with Crippen LogP contribution in [-0.4, -0.2) is 66.4 Å². The second-order valence-corrected chi connectivity index (χ2v) is 6.78. The molecule has 0 radical (unpaired) electrons. The van der Waals surface area contributed by atoms with E-state index in [1.54, 1.807) is 6.07 Å². The van der Waals surface area contributed by atoms with Gasteiger partial charge in [-0.05, 0) is 31.4 Å². The molecule has 1 aromatic carbocycles. The molecule has 0 bridgehead atoms. The van der Waals surface area contributed by atoms with E-state index in [4.69, 9.17) is 5.26 Å². The van der Waals surface area contributed by atoms with Crippen molar-refractivity contribution in [2.45, 2.75) is 19.3 Å². The maximum absolute atomic E-state index is 12.4. The minimum absolute atomic E-state index is 0.0156. The highest BCUT2D eigenvalue weighted by molar-refractivity contribution is 5.78. The van der Waals surface area contributed by atoms with Crippen LogP contribution in [0.4, 0.5) is 11.4 Å². The molecule has 8 heteroatoms. The molecule has 0 saturated carbocycles. The van der Waals surface area contributed by atoms with E-state index >= 15 is 0 Å². The molecule has 2 aliphatic rings. The molecular formula is C18H23N5O3. The standard InChI is InChI=1S/C18H23N5O3/c19-13-15-4-5-16(23(25)26)17(12-15)21-10-8-20(9-11-21)14-18(24)22-6-2-1-3-7-22/h4-5,12H,1-3,6-11,14H2. The van der Waals surface area contributed by atoms with Gasteiger partial charge in [0.25, 0.3) is 5.69 Å². The number of anilines is 1. The first kappa shape index (κ1) is 18.1. The Morgan fingerprint density at radius 1 is 1.12 bits per heavy atom. The number of nitro groups is 1. The van der Waals surface area contributed by atoms with E-state index in [0.717, 1.165) is 25.9 Å². The zero-order valence-corrected chi connectivity index (χ0v) is 14.8. The minimum atomic E-state index is -0.414. The lowest BCUT2D eigenvalue weighted by molar-refractivity contribution is -0.384. The molecule has 0 unspecified atom stereocenters. The summed E-state index contributed by atoms with van der Waals surface area (Å²) in [6, 6.07) is 6.47. The fraction of sp³-hybridized carbons (Fsp3) is 0.556. The van der Waals surface area contributed by atoms with E-state index in [0.29, 0.717) is 44.0 Å². The number of nitro benzene ring substituents is 1. The number of carbonyl (C=O) groups is 1. The Morgan fingerprint density at radius 3 is 2.42 bits per heavy atom. The SMILES string of the molecule is N#Cc1ccc([N+](=O)[O-])c(N2CCN(CC(=O)N3CCCCC3)CC2)c1. The van der Waals surface area contributed by atoms with Gasteiger partial charge in [0.2, 0.25) is 5.91 Å². The smallest absolute Gasteiger partial charge is 0.292 e. The molecule has 2 fully saturated rings. The van der Waals surface area contributed by atoms with Crippen LogP contribution in [0.15, 0.2) is 18.2 Å². The van der Waals surface area contributed by atoms with Gasteiger partial charge >= 0.3 is 0 Å². The molecule has 0 aliphatic carbocycles. The molecule has 0 N–H and O–H groups in total. The van der Waals surface area contributed by atoms with E-state index in [9.17, 15) is 14.9 Å². The Balaban J connectivity index is 1.61. The number of nitrogens with zero attached hydrogens (tertiary/aromatic N) is 5. The van der Waals surface area contributed by atoms with Crippen molar-refractivity contribution in [2.75, 3.05) is 50.7 Å². The largest absolute Gasteiger partial charge is 0.363 e. The maximum atomic E-state index is 12.4. The van der Waals surface area contributed by atoms with Crippen molar-refractivity contribution in [3.05, 3.63) is 33.9 Å². The van der Waals surface area contributed by atoms with Gasteiger partial charge in [-0.1, -0.05) is 0 Å². The van der Waals surface area contributed by atoms with E-state index in [1.807, 2.05) is 15.9 Å². The number of piperazine rings is 1. The molecule has 1 aromatic rings. The number of amides is 1. The number of nitriles is 1. The van der Waals surface area contributed by atoms with Crippen LogP contribution in [0, 0.1) is 21.4 Å². The molecule has 2 saturated heterocycles. The minimum Gasteiger partial charge on any atom is -0.363 e. The first-order chi connectivity index (χ1) is 12.6. The molecule has 26 heavy (non-hydrogen) atoms. The lowest BCUT2D eigenvalue weighted by atomic mass is 10.1. The molecule has 2 aliphatic heterocycles. The summed E-state index contributed by atoms with van der Waals surface area (Å²) in [6.07, 6.45) is 3.36. The van der Waals surface area contributed by atoms with Gasteiger partial charge in [0.1, 0.15) is 5.69 Å². The van der Waals surface area contributed by atoms with Crippen molar-refractivity contribution in [1.29, 1.82) is 5.26 Å². The van der Waals surface area contributed by atoms with Crippen LogP contribution < -0.4 is 4.90 Å². The van der Waals surface area contributed by atoms with Crippen LogP contribution in [0.3, 0.4) is 0 Å². The van der Waals surface area contributed by atoms with Gasteiger partial charge < -0.3 is 9.80 Å². The van der Waals surface area contributed by atoms with Crippen LogP contribution in [0.2, 0.25) is 0 Å². The predicted molar refractivity (Wildman–Crippen MR) is 96.9 cm³/mol. The third-order valence-electron chi connectivity index (χ3n) is 5.08. The highest BCUT2D eigenvalue weighted by Gasteiger charge is 2.26. The summed E-state index contributed by atoms with van der Waals surface area (Å²) in [5, 5.41) is 20.4. The molecule has 3 rings (SSSR count). The molecule has 8 nitrogen and oxygen atoms in total. The number of hydrogen-bond donors (Lipinski definition) is 0. The monoisotopic (exact) mass is 357 g/mol. The summed E-state index contributed by atoms with van der Waals surface area (Å²) in [5.74, 6) is 0.176. The van der Waals surface area contributed by atoms with Gasteiger partial charge in [0.15, 0.2) is 0 Å². The van der Waals surface area contributed by atoms with E-state index in [2.05, 4.69) is 4.90 Å². The summed E-state index contributed by atoms with van der Waals surface area (Å²) < 4.78 is 0. The topological polar surface area (TPSA) is 93.7 Å². The predicted octanol–water partition coefficient (Wildman–Crippen LogP) is 1.60. The van der Waals surface area contributed by atoms with Crippen molar-refractivity contribution in [3.8, 4) is 6.07 Å². The molecule has 1 amide bonds. The van der Waals surface area contributed by atoms with Gasteiger partial charge in [0, 0.05) is 45.3 Å². The third kappa shape index (κ3) is 4.11. The van der Waals surface area contributed by atoms with Crippen molar-refractivity contribution in [3.63, 3.8) is 0 Å². The van der Waals surface area contributed by atoms with Crippen LogP contribution in [0.5, 0.6) is 0 Å². The summed E-state index contributed by atoms with van der Waals surface area (Å²) >= 11 is 0. The summed E-state index contributed by atoms with van der Waals surface area (Å²) in [5.41, 5.74) is 0.909. The van der Waals surface area contributed by atoms with E-state index in [-0.39, 0.29) is 11.6 Å². The van der Waals surface area contributed by atoms with Crippen molar-refractivity contribution < 1.29 is 9.72 Å². The van der Waals surface area contributed by atoms with Crippen LogP contribution in [-0.2, 0) is 4.79 Å². The molecule has 0 atom stereocenters. The molecule has 138 valence electrons.